The van der Waals surface area contributed by atoms with Crippen LogP contribution in [0, 0.1) is 0 Å². The molecule has 150 valence electrons. The van der Waals surface area contributed by atoms with Crippen LogP contribution < -0.4 is 5.32 Å². The molecule has 1 aromatic heterocycles. The van der Waals surface area contributed by atoms with Gasteiger partial charge in [0.25, 0.3) is 5.22 Å². The van der Waals surface area contributed by atoms with E-state index in [1.807, 2.05) is 85.8 Å². The number of anilines is 1. The molecule has 7 heteroatoms. The van der Waals surface area contributed by atoms with Crippen LogP contribution >= 0.6 is 27.7 Å². The molecule has 0 saturated carbocycles. The molecule has 0 aliphatic heterocycles. The molecular formula is C23H18BrN3O2S. The first kappa shape index (κ1) is 20.4. The average molecular weight is 480 g/mol. The van der Waals surface area contributed by atoms with Crippen molar-refractivity contribution < 1.29 is 9.21 Å². The molecule has 3 aromatic carbocycles. The van der Waals surface area contributed by atoms with E-state index >= 15 is 0 Å². The Morgan fingerprint density at radius 3 is 2.40 bits per heavy atom. The molecule has 5 nitrogen and oxygen atoms in total. The minimum atomic E-state index is -0.410. The van der Waals surface area contributed by atoms with Gasteiger partial charge in [0, 0.05) is 21.3 Å². The van der Waals surface area contributed by atoms with Crippen molar-refractivity contribution in [2.24, 2.45) is 0 Å². The Labute approximate surface area is 187 Å². The maximum absolute atomic E-state index is 12.8. The number of nitrogens with zero attached hydrogens (tertiary/aromatic N) is 2. The fraction of sp³-hybridized carbons (Fsp3) is 0.0870. The first-order valence-corrected chi connectivity index (χ1v) is 11.0. The smallest absolute Gasteiger partial charge is 0.277 e. The van der Waals surface area contributed by atoms with Crippen LogP contribution in [0.3, 0.4) is 0 Å². The Kier molecular flexibility index (Phi) is 6.30. The van der Waals surface area contributed by atoms with E-state index in [1.54, 1.807) is 0 Å². The summed E-state index contributed by atoms with van der Waals surface area (Å²) < 4.78 is 6.69. The number of amides is 1. The SMILES string of the molecule is C[C@H](Sc1nnc(-c2ccc(Br)cc2)o1)C(=O)Nc1ccccc1-c1ccccc1. The van der Waals surface area contributed by atoms with Gasteiger partial charge in [0.2, 0.25) is 11.8 Å². The van der Waals surface area contributed by atoms with Crippen molar-refractivity contribution in [1.29, 1.82) is 0 Å². The highest BCUT2D eigenvalue weighted by Gasteiger charge is 2.20. The first-order valence-electron chi connectivity index (χ1n) is 9.31. The Morgan fingerprint density at radius 1 is 0.933 bits per heavy atom. The van der Waals surface area contributed by atoms with Crippen LogP contribution in [0.1, 0.15) is 6.92 Å². The highest BCUT2D eigenvalue weighted by Crippen LogP contribution is 2.30. The topological polar surface area (TPSA) is 68.0 Å². The minimum absolute atomic E-state index is 0.133. The van der Waals surface area contributed by atoms with Crippen LogP contribution in [0.4, 0.5) is 5.69 Å². The van der Waals surface area contributed by atoms with Gasteiger partial charge in [0.15, 0.2) is 0 Å². The summed E-state index contributed by atoms with van der Waals surface area (Å²) >= 11 is 4.63. The second kappa shape index (κ2) is 9.28. The van der Waals surface area contributed by atoms with Crippen LogP contribution in [0.15, 0.2) is 93.0 Å². The van der Waals surface area contributed by atoms with Crippen LogP contribution in [0.5, 0.6) is 0 Å². The summed E-state index contributed by atoms with van der Waals surface area (Å²) in [6, 6.07) is 25.3. The van der Waals surface area contributed by atoms with Crippen molar-refractivity contribution in [3.8, 4) is 22.6 Å². The number of hydrogen-bond acceptors (Lipinski definition) is 5. The Morgan fingerprint density at radius 2 is 1.63 bits per heavy atom. The molecule has 30 heavy (non-hydrogen) atoms. The lowest BCUT2D eigenvalue weighted by Crippen LogP contribution is -2.22. The van der Waals surface area contributed by atoms with Crippen LogP contribution in [0.25, 0.3) is 22.6 Å². The highest BCUT2D eigenvalue weighted by molar-refractivity contribution is 9.10. The fourth-order valence-electron chi connectivity index (χ4n) is 2.87. The number of benzene rings is 3. The van der Waals surface area contributed by atoms with Crippen molar-refractivity contribution in [2.75, 3.05) is 5.32 Å². The molecule has 1 heterocycles. The normalized spacial score (nSPS) is 11.8. The van der Waals surface area contributed by atoms with E-state index < -0.39 is 5.25 Å². The standard InChI is InChI=1S/C23H18BrN3O2S/c1-15(30-23-27-26-22(29-23)17-11-13-18(24)14-12-17)21(28)25-20-10-6-5-9-19(20)16-7-3-2-4-8-16/h2-15H,1H3,(H,25,28)/t15-/m0/s1. The van der Waals surface area contributed by atoms with E-state index in [0.29, 0.717) is 11.1 Å². The number of nitrogens with one attached hydrogen (secondary N) is 1. The second-order valence-corrected chi connectivity index (χ2v) is 8.75. The van der Waals surface area contributed by atoms with E-state index in [1.165, 1.54) is 11.8 Å². The summed E-state index contributed by atoms with van der Waals surface area (Å²) in [6.45, 7) is 1.81. The molecule has 0 spiro atoms. The zero-order chi connectivity index (χ0) is 20.9. The van der Waals surface area contributed by atoms with Gasteiger partial charge in [-0.25, -0.2) is 0 Å². The number of para-hydroxylation sites is 1. The molecule has 0 fully saturated rings. The maximum Gasteiger partial charge on any atom is 0.277 e. The molecule has 4 aromatic rings. The van der Waals surface area contributed by atoms with Gasteiger partial charge in [-0.3, -0.25) is 4.79 Å². The van der Waals surface area contributed by atoms with Crippen molar-refractivity contribution in [2.45, 2.75) is 17.4 Å². The molecule has 0 radical (unpaired) electrons. The Balaban J connectivity index is 1.45. The molecule has 0 aliphatic carbocycles. The largest absolute Gasteiger partial charge is 0.411 e. The molecular weight excluding hydrogens is 462 g/mol. The monoisotopic (exact) mass is 479 g/mol. The quantitative estimate of drug-likeness (QED) is 0.329. The van der Waals surface area contributed by atoms with Gasteiger partial charge < -0.3 is 9.73 Å². The van der Waals surface area contributed by atoms with E-state index in [9.17, 15) is 4.79 Å². The summed E-state index contributed by atoms with van der Waals surface area (Å²) in [5.74, 6) is 0.291. The molecule has 1 N–H and O–H groups in total. The summed E-state index contributed by atoms with van der Waals surface area (Å²) in [5, 5.41) is 11.1. The molecule has 1 atom stereocenters. The lowest BCUT2D eigenvalue weighted by molar-refractivity contribution is -0.115. The van der Waals surface area contributed by atoms with Crippen molar-refractivity contribution in [1.82, 2.24) is 10.2 Å². The highest BCUT2D eigenvalue weighted by atomic mass is 79.9. The van der Waals surface area contributed by atoms with E-state index in [4.69, 9.17) is 4.42 Å². The summed E-state index contributed by atoms with van der Waals surface area (Å²) in [6.07, 6.45) is 0. The summed E-state index contributed by atoms with van der Waals surface area (Å²) in [7, 11) is 0. The van der Waals surface area contributed by atoms with Gasteiger partial charge in [-0.2, -0.15) is 0 Å². The number of aromatic nitrogens is 2. The third kappa shape index (κ3) is 4.80. The predicted octanol–water partition coefficient (Wildman–Crippen LogP) is 6.29. The number of carbonyl (C=O) groups excluding carboxylic acids is 1. The summed E-state index contributed by atoms with van der Waals surface area (Å²) in [5.41, 5.74) is 3.61. The minimum Gasteiger partial charge on any atom is -0.411 e. The number of halogens is 1. The van der Waals surface area contributed by atoms with Crippen LogP contribution in [-0.4, -0.2) is 21.4 Å². The molecule has 1 amide bonds. The molecule has 0 unspecified atom stereocenters. The lowest BCUT2D eigenvalue weighted by atomic mass is 10.0. The van der Waals surface area contributed by atoms with Gasteiger partial charge in [-0.1, -0.05) is 76.2 Å². The third-order valence-corrected chi connectivity index (χ3v) is 5.88. The van der Waals surface area contributed by atoms with Gasteiger partial charge in [0.1, 0.15) is 0 Å². The van der Waals surface area contributed by atoms with Gasteiger partial charge >= 0.3 is 0 Å². The number of hydrogen-bond donors (Lipinski definition) is 1. The Hall–Kier alpha value is -2.90. The van der Waals surface area contributed by atoms with Crippen LogP contribution in [0.2, 0.25) is 0 Å². The van der Waals surface area contributed by atoms with Crippen molar-refractivity contribution in [3.63, 3.8) is 0 Å². The second-order valence-electron chi connectivity index (χ2n) is 6.54. The summed E-state index contributed by atoms with van der Waals surface area (Å²) in [4.78, 5) is 12.8. The maximum atomic E-state index is 12.8. The number of rotatable bonds is 6. The lowest BCUT2D eigenvalue weighted by Gasteiger charge is -2.14. The molecule has 0 saturated heterocycles. The number of thioether (sulfide) groups is 1. The predicted molar refractivity (Wildman–Crippen MR) is 123 cm³/mol. The fourth-order valence-corrected chi connectivity index (χ4v) is 3.81. The molecule has 4 rings (SSSR count). The van der Waals surface area contributed by atoms with Gasteiger partial charge in [-0.15, -0.1) is 10.2 Å². The Bertz CT molecular complexity index is 1150. The van der Waals surface area contributed by atoms with Crippen molar-refractivity contribution in [3.05, 3.63) is 83.3 Å². The van der Waals surface area contributed by atoms with Crippen molar-refractivity contribution >= 4 is 39.3 Å². The zero-order valence-corrected chi connectivity index (χ0v) is 18.5. The van der Waals surface area contributed by atoms with E-state index in [0.717, 1.165) is 26.9 Å². The average Bonchev–Trinajstić information content (AvgIpc) is 3.23. The van der Waals surface area contributed by atoms with Gasteiger partial charge in [-0.05, 0) is 42.8 Å². The van der Waals surface area contributed by atoms with E-state index in [-0.39, 0.29) is 5.91 Å². The number of carbonyl (C=O) groups is 1. The zero-order valence-electron chi connectivity index (χ0n) is 16.1. The van der Waals surface area contributed by atoms with Crippen LogP contribution in [-0.2, 0) is 4.79 Å². The first-order chi connectivity index (χ1) is 14.6. The van der Waals surface area contributed by atoms with E-state index in [2.05, 4.69) is 31.4 Å². The van der Waals surface area contributed by atoms with Gasteiger partial charge in [0.05, 0.1) is 5.25 Å². The molecule has 0 aliphatic rings. The third-order valence-electron chi connectivity index (χ3n) is 4.41. The molecule has 0 bridgehead atoms.